The average Bonchev–Trinajstić information content (AvgIpc) is 3.21. The lowest BCUT2D eigenvalue weighted by atomic mass is 10.1. The number of amides is 1. The second-order valence-electron chi connectivity index (χ2n) is 5.70. The summed E-state index contributed by atoms with van der Waals surface area (Å²) in [6.45, 7) is 8.60. The van der Waals surface area contributed by atoms with Crippen LogP contribution in [0.15, 0.2) is 0 Å². The van der Waals surface area contributed by atoms with Gasteiger partial charge in [0.1, 0.15) is 0 Å². The predicted molar refractivity (Wildman–Crippen MR) is 76.5 cm³/mol. The Morgan fingerprint density at radius 3 is 2.58 bits per heavy atom. The lowest BCUT2D eigenvalue weighted by molar-refractivity contribution is -0.131. The Kier molecular flexibility index (Phi) is 6.30. The first-order chi connectivity index (χ1) is 9.06. The van der Waals surface area contributed by atoms with E-state index < -0.39 is 0 Å². The number of nitrogens with zero attached hydrogens (tertiary/aromatic N) is 2. The molecular formula is C15H27N3O. The molecule has 1 fully saturated rings. The van der Waals surface area contributed by atoms with Crippen LogP contribution in [0.4, 0.5) is 0 Å². The van der Waals surface area contributed by atoms with Crippen LogP contribution in [0.3, 0.4) is 0 Å². The van der Waals surface area contributed by atoms with Gasteiger partial charge in [-0.1, -0.05) is 13.8 Å². The molecule has 1 unspecified atom stereocenters. The SMILES string of the molecule is CCCN(CCC(C)NCC1(C#N)CC1)C(=O)CC. The monoisotopic (exact) mass is 265 g/mol. The molecule has 0 radical (unpaired) electrons. The van der Waals surface area contributed by atoms with Crippen LogP contribution in [0.1, 0.15) is 52.9 Å². The molecule has 0 saturated heterocycles. The minimum absolute atomic E-state index is 0.0867. The van der Waals surface area contributed by atoms with E-state index in [9.17, 15) is 4.79 Å². The molecule has 0 aromatic rings. The molecule has 0 aromatic carbocycles. The number of nitriles is 1. The average molecular weight is 265 g/mol. The van der Waals surface area contributed by atoms with E-state index in [0.29, 0.717) is 12.5 Å². The molecule has 1 aliphatic rings. The van der Waals surface area contributed by atoms with Crippen molar-refractivity contribution >= 4 is 5.91 Å². The van der Waals surface area contributed by atoms with Gasteiger partial charge in [-0.3, -0.25) is 4.79 Å². The molecule has 0 spiro atoms. The Labute approximate surface area is 117 Å². The van der Waals surface area contributed by atoms with Gasteiger partial charge in [0.25, 0.3) is 0 Å². The zero-order valence-electron chi connectivity index (χ0n) is 12.5. The number of carbonyl (C=O) groups is 1. The van der Waals surface area contributed by atoms with E-state index in [-0.39, 0.29) is 11.3 Å². The minimum atomic E-state index is -0.0867. The van der Waals surface area contributed by atoms with E-state index in [4.69, 9.17) is 5.26 Å². The van der Waals surface area contributed by atoms with Crippen molar-refractivity contribution in [1.82, 2.24) is 10.2 Å². The number of rotatable bonds is 9. The molecule has 1 aliphatic carbocycles. The van der Waals surface area contributed by atoms with Crippen LogP contribution in [0.5, 0.6) is 0 Å². The first kappa shape index (κ1) is 16.0. The molecule has 108 valence electrons. The molecule has 1 atom stereocenters. The van der Waals surface area contributed by atoms with E-state index >= 15 is 0 Å². The lowest BCUT2D eigenvalue weighted by Crippen LogP contribution is -2.37. The molecule has 19 heavy (non-hydrogen) atoms. The van der Waals surface area contributed by atoms with Gasteiger partial charge in [-0.25, -0.2) is 0 Å². The molecule has 1 saturated carbocycles. The third-order valence-corrected chi connectivity index (χ3v) is 3.86. The fourth-order valence-corrected chi connectivity index (χ4v) is 2.15. The third-order valence-electron chi connectivity index (χ3n) is 3.86. The Morgan fingerprint density at radius 1 is 1.42 bits per heavy atom. The molecule has 0 bridgehead atoms. The topological polar surface area (TPSA) is 56.1 Å². The first-order valence-corrected chi connectivity index (χ1v) is 7.49. The first-order valence-electron chi connectivity index (χ1n) is 7.49. The molecule has 1 rings (SSSR count). The van der Waals surface area contributed by atoms with Gasteiger partial charge in [-0.15, -0.1) is 0 Å². The van der Waals surface area contributed by atoms with Crippen molar-refractivity contribution in [2.24, 2.45) is 5.41 Å². The molecular weight excluding hydrogens is 238 g/mol. The zero-order valence-corrected chi connectivity index (χ0v) is 12.5. The fraction of sp³-hybridized carbons (Fsp3) is 0.867. The standard InChI is InChI=1S/C15H27N3O/c1-4-9-18(14(19)5-2)10-6-13(3)17-12-15(11-16)7-8-15/h13,17H,4-10,12H2,1-3H3. The minimum Gasteiger partial charge on any atom is -0.343 e. The van der Waals surface area contributed by atoms with E-state index in [2.05, 4.69) is 25.2 Å². The van der Waals surface area contributed by atoms with Gasteiger partial charge in [0, 0.05) is 32.1 Å². The quantitative estimate of drug-likeness (QED) is 0.696. The number of carbonyl (C=O) groups excluding carboxylic acids is 1. The van der Waals surface area contributed by atoms with E-state index in [0.717, 1.165) is 45.3 Å². The summed E-state index contributed by atoms with van der Waals surface area (Å²) in [6, 6.07) is 2.75. The zero-order chi connectivity index (χ0) is 14.3. The highest BCUT2D eigenvalue weighted by Crippen LogP contribution is 2.44. The van der Waals surface area contributed by atoms with Crippen LogP contribution in [0, 0.1) is 16.7 Å². The van der Waals surface area contributed by atoms with Crippen LogP contribution in [0.2, 0.25) is 0 Å². The maximum atomic E-state index is 11.8. The summed E-state index contributed by atoms with van der Waals surface area (Å²) in [5, 5.41) is 12.4. The van der Waals surface area contributed by atoms with Crippen LogP contribution in [-0.2, 0) is 4.79 Å². The van der Waals surface area contributed by atoms with Crippen molar-refractivity contribution in [3.05, 3.63) is 0 Å². The molecule has 4 nitrogen and oxygen atoms in total. The smallest absolute Gasteiger partial charge is 0.222 e. The Hall–Kier alpha value is -1.08. The lowest BCUT2D eigenvalue weighted by Gasteiger charge is -2.24. The second kappa shape index (κ2) is 7.49. The molecule has 4 heteroatoms. The normalized spacial score (nSPS) is 17.6. The van der Waals surface area contributed by atoms with Crippen molar-refractivity contribution in [3.63, 3.8) is 0 Å². The largest absolute Gasteiger partial charge is 0.343 e. The molecule has 1 amide bonds. The summed E-state index contributed by atoms with van der Waals surface area (Å²) in [5.74, 6) is 0.240. The number of hydrogen-bond acceptors (Lipinski definition) is 3. The summed E-state index contributed by atoms with van der Waals surface area (Å²) in [6.07, 6.45) is 4.59. The van der Waals surface area contributed by atoms with Gasteiger partial charge < -0.3 is 10.2 Å². The van der Waals surface area contributed by atoms with Crippen LogP contribution >= 0.6 is 0 Å². The van der Waals surface area contributed by atoms with Crippen molar-refractivity contribution in [1.29, 1.82) is 5.26 Å². The highest BCUT2D eigenvalue weighted by molar-refractivity contribution is 5.75. The Balaban J connectivity index is 2.25. The van der Waals surface area contributed by atoms with Crippen LogP contribution < -0.4 is 5.32 Å². The van der Waals surface area contributed by atoms with Gasteiger partial charge >= 0.3 is 0 Å². The predicted octanol–water partition coefficient (Wildman–Crippen LogP) is 2.31. The van der Waals surface area contributed by atoms with Crippen LogP contribution in [-0.4, -0.2) is 36.5 Å². The molecule has 0 heterocycles. The summed E-state index contributed by atoms with van der Waals surface area (Å²) in [4.78, 5) is 13.7. The number of nitrogens with one attached hydrogen (secondary N) is 1. The van der Waals surface area contributed by atoms with E-state index in [1.807, 2.05) is 11.8 Å². The summed E-state index contributed by atoms with van der Waals surface area (Å²) in [7, 11) is 0. The summed E-state index contributed by atoms with van der Waals surface area (Å²) < 4.78 is 0. The maximum absolute atomic E-state index is 11.8. The summed E-state index contributed by atoms with van der Waals surface area (Å²) in [5.41, 5.74) is -0.0867. The van der Waals surface area contributed by atoms with Gasteiger partial charge in [0.05, 0.1) is 11.5 Å². The van der Waals surface area contributed by atoms with E-state index in [1.165, 1.54) is 0 Å². The number of hydrogen-bond donors (Lipinski definition) is 1. The van der Waals surface area contributed by atoms with Gasteiger partial charge in [0.15, 0.2) is 0 Å². The van der Waals surface area contributed by atoms with Gasteiger partial charge in [0.2, 0.25) is 5.91 Å². The van der Waals surface area contributed by atoms with Crippen molar-refractivity contribution < 1.29 is 4.79 Å². The highest BCUT2D eigenvalue weighted by Gasteiger charge is 2.42. The third kappa shape index (κ3) is 5.20. The highest BCUT2D eigenvalue weighted by atomic mass is 16.2. The fourth-order valence-electron chi connectivity index (χ4n) is 2.15. The molecule has 0 aromatic heterocycles. The van der Waals surface area contributed by atoms with Crippen LogP contribution in [0.25, 0.3) is 0 Å². The van der Waals surface area contributed by atoms with Crippen molar-refractivity contribution in [3.8, 4) is 6.07 Å². The maximum Gasteiger partial charge on any atom is 0.222 e. The van der Waals surface area contributed by atoms with Crippen molar-refractivity contribution in [2.45, 2.75) is 58.9 Å². The van der Waals surface area contributed by atoms with E-state index in [1.54, 1.807) is 0 Å². The summed E-state index contributed by atoms with van der Waals surface area (Å²) >= 11 is 0. The van der Waals surface area contributed by atoms with Gasteiger partial charge in [-0.2, -0.15) is 5.26 Å². The second-order valence-corrected chi connectivity index (χ2v) is 5.70. The molecule has 1 N–H and O–H groups in total. The Morgan fingerprint density at radius 2 is 2.11 bits per heavy atom. The van der Waals surface area contributed by atoms with Crippen molar-refractivity contribution in [2.75, 3.05) is 19.6 Å². The molecule has 0 aliphatic heterocycles. The Bertz CT molecular complexity index is 331. The van der Waals surface area contributed by atoms with Gasteiger partial charge in [-0.05, 0) is 32.6 Å².